The summed E-state index contributed by atoms with van der Waals surface area (Å²) in [7, 11) is 0. The molecule has 0 fully saturated rings. The van der Waals surface area contributed by atoms with Gasteiger partial charge >= 0.3 is 0 Å². The zero-order chi connectivity index (χ0) is 16.4. The van der Waals surface area contributed by atoms with Gasteiger partial charge in [0.05, 0.1) is 5.69 Å². The molecule has 3 heteroatoms. The molecule has 0 aliphatic heterocycles. The van der Waals surface area contributed by atoms with E-state index in [1.807, 2.05) is 47.1 Å². The minimum absolute atomic E-state index is 0.558. The number of nitrogens with zero attached hydrogens (tertiary/aromatic N) is 2. The van der Waals surface area contributed by atoms with Crippen LogP contribution in [0.4, 0.5) is 0 Å². The number of aryl methyl sites for hydroxylation is 1. The van der Waals surface area contributed by atoms with Crippen molar-refractivity contribution in [2.24, 2.45) is 0 Å². The van der Waals surface area contributed by atoms with E-state index in [1.165, 1.54) is 5.56 Å². The molecule has 0 saturated carbocycles. The highest BCUT2D eigenvalue weighted by molar-refractivity contribution is 5.63. The Morgan fingerprint density at radius 2 is 1.75 bits per heavy atom. The van der Waals surface area contributed by atoms with E-state index in [4.69, 9.17) is 9.72 Å². The number of hydrogen-bond acceptors (Lipinski definition) is 2. The average Bonchev–Trinajstić information content (AvgIpc) is 3.05. The highest BCUT2D eigenvalue weighted by atomic mass is 16.5. The van der Waals surface area contributed by atoms with Crippen LogP contribution in [0.1, 0.15) is 11.1 Å². The van der Waals surface area contributed by atoms with E-state index in [-0.39, 0.29) is 0 Å². The highest BCUT2D eigenvalue weighted by Crippen LogP contribution is 2.22. The van der Waals surface area contributed by atoms with Crippen LogP contribution in [-0.2, 0) is 6.61 Å². The van der Waals surface area contributed by atoms with E-state index in [0.717, 1.165) is 28.2 Å². The molecule has 2 heterocycles. The van der Waals surface area contributed by atoms with E-state index in [9.17, 15) is 0 Å². The van der Waals surface area contributed by atoms with Crippen LogP contribution in [0.25, 0.3) is 16.9 Å². The van der Waals surface area contributed by atoms with Crippen LogP contribution < -0.4 is 4.74 Å². The number of rotatable bonds is 4. The maximum Gasteiger partial charge on any atom is 0.141 e. The summed E-state index contributed by atoms with van der Waals surface area (Å²) >= 11 is 0. The molecule has 4 aromatic rings. The molecule has 0 N–H and O–H groups in total. The van der Waals surface area contributed by atoms with Gasteiger partial charge in [0.2, 0.25) is 0 Å². The number of aromatic nitrogens is 2. The largest absolute Gasteiger partial charge is 0.489 e. The molecule has 2 aromatic carbocycles. The summed E-state index contributed by atoms with van der Waals surface area (Å²) in [5.41, 5.74) is 5.38. The van der Waals surface area contributed by atoms with Gasteiger partial charge in [-0.15, -0.1) is 0 Å². The van der Waals surface area contributed by atoms with Gasteiger partial charge in [0.1, 0.15) is 18.0 Å². The molecule has 4 rings (SSSR count). The first-order valence-electron chi connectivity index (χ1n) is 8.00. The van der Waals surface area contributed by atoms with Crippen molar-refractivity contribution < 1.29 is 4.74 Å². The lowest BCUT2D eigenvalue weighted by Crippen LogP contribution is -1.95. The second-order valence-electron chi connectivity index (χ2n) is 5.89. The highest BCUT2D eigenvalue weighted by Gasteiger charge is 2.05. The van der Waals surface area contributed by atoms with E-state index in [0.29, 0.717) is 6.61 Å². The van der Waals surface area contributed by atoms with Gasteiger partial charge in [0.25, 0.3) is 0 Å². The van der Waals surface area contributed by atoms with Crippen LogP contribution in [0, 0.1) is 6.92 Å². The molecule has 0 saturated heterocycles. The monoisotopic (exact) mass is 314 g/mol. The maximum atomic E-state index is 5.88. The fraction of sp³-hybridized carbons (Fsp3) is 0.0952. The molecule has 0 amide bonds. The van der Waals surface area contributed by atoms with Crippen molar-refractivity contribution in [1.29, 1.82) is 0 Å². The summed E-state index contributed by atoms with van der Waals surface area (Å²) in [6, 6.07) is 22.5. The minimum atomic E-state index is 0.558. The number of imidazole rings is 1. The zero-order valence-electron chi connectivity index (χ0n) is 13.5. The molecular formula is C21H18N2O. The summed E-state index contributed by atoms with van der Waals surface area (Å²) in [6.45, 7) is 2.65. The van der Waals surface area contributed by atoms with Crippen molar-refractivity contribution in [1.82, 2.24) is 9.38 Å². The third-order valence-corrected chi connectivity index (χ3v) is 4.03. The van der Waals surface area contributed by atoms with Gasteiger partial charge in [-0.1, -0.05) is 60.2 Å². The fourth-order valence-corrected chi connectivity index (χ4v) is 2.66. The van der Waals surface area contributed by atoms with Crippen LogP contribution in [0.3, 0.4) is 0 Å². The Kier molecular flexibility index (Phi) is 3.75. The standard InChI is InChI=1S/C21H18N2O/c1-16-7-9-18(10-8-16)20-14-23-12-11-19(13-21(23)22-20)24-15-17-5-3-2-4-6-17/h2-14H,15H2,1H3. The van der Waals surface area contributed by atoms with Crippen LogP contribution in [0.15, 0.2) is 79.1 Å². The smallest absolute Gasteiger partial charge is 0.141 e. The lowest BCUT2D eigenvalue weighted by atomic mass is 10.1. The molecule has 2 aromatic heterocycles. The van der Waals surface area contributed by atoms with Gasteiger partial charge in [0, 0.05) is 24.0 Å². The lowest BCUT2D eigenvalue weighted by Gasteiger charge is -2.06. The summed E-state index contributed by atoms with van der Waals surface area (Å²) < 4.78 is 7.90. The Bertz CT molecular complexity index is 956. The third kappa shape index (κ3) is 3.01. The minimum Gasteiger partial charge on any atom is -0.489 e. The number of benzene rings is 2. The Morgan fingerprint density at radius 1 is 0.958 bits per heavy atom. The average molecular weight is 314 g/mol. The lowest BCUT2D eigenvalue weighted by molar-refractivity contribution is 0.306. The van der Waals surface area contributed by atoms with Crippen molar-refractivity contribution in [3.05, 3.63) is 90.3 Å². The Balaban J connectivity index is 1.58. The molecule has 0 spiro atoms. The van der Waals surface area contributed by atoms with Gasteiger partial charge in [-0.3, -0.25) is 0 Å². The van der Waals surface area contributed by atoms with E-state index in [2.05, 4.69) is 43.3 Å². The SMILES string of the molecule is Cc1ccc(-c2cn3ccc(OCc4ccccc4)cc3n2)cc1. The Labute approximate surface area is 141 Å². The Hall–Kier alpha value is -3.07. The second kappa shape index (κ2) is 6.20. The first-order chi connectivity index (χ1) is 11.8. The van der Waals surface area contributed by atoms with Crippen molar-refractivity contribution in [2.75, 3.05) is 0 Å². The molecule has 0 bridgehead atoms. The predicted molar refractivity (Wildman–Crippen MR) is 96.1 cm³/mol. The molecule has 0 aliphatic rings. The predicted octanol–water partition coefficient (Wildman–Crippen LogP) is 4.89. The van der Waals surface area contributed by atoms with Gasteiger partial charge < -0.3 is 9.14 Å². The number of fused-ring (bicyclic) bond motifs is 1. The molecule has 3 nitrogen and oxygen atoms in total. The molecule has 24 heavy (non-hydrogen) atoms. The molecule has 118 valence electrons. The topological polar surface area (TPSA) is 26.5 Å². The molecular weight excluding hydrogens is 296 g/mol. The van der Waals surface area contributed by atoms with Gasteiger partial charge in [0.15, 0.2) is 0 Å². The van der Waals surface area contributed by atoms with Crippen LogP contribution in [-0.4, -0.2) is 9.38 Å². The van der Waals surface area contributed by atoms with Gasteiger partial charge in [-0.05, 0) is 18.6 Å². The normalized spacial score (nSPS) is 10.9. The van der Waals surface area contributed by atoms with Crippen LogP contribution in [0.5, 0.6) is 5.75 Å². The molecule has 0 atom stereocenters. The number of hydrogen-bond donors (Lipinski definition) is 0. The number of ether oxygens (including phenoxy) is 1. The Morgan fingerprint density at radius 3 is 2.54 bits per heavy atom. The van der Waals surface area contributed by atoms with E-state index in [1.54, 1.807) is 0 Å². The summed E-state index contributed by atoms with van der Waals surface area (Å²) in [6.07, 6.45) is 4.03. The van der Waals surface area contributed by atoms with Gasteiger partial charge in [-0.25, -0.2) is 4.98 Å². The summed E-state index contributed by atoms with van der Waals surface area (Å²) in [5, 5.41) is 0. The fourth-order valence-electron chi connectivity index (χ4n) is 2.66. The molecule has 0 aliphatic carbocycles. The zero-order valence-corrected chi connectivity index (χ0v) is 13.5. The molecule has 0 radical (unpaired) electrons. The van der Waals surface area contributed by atoms with Crippen molar-refractivity contribution in [3.8, 4) is 17.0 Å². The maximum absolute atomic E-state index is 5.88. The van der Waals surface area contributed by atoms with Crippen molar-refractivity contribution in [3.63, 3.8) is 0 Å². The third-order valence-electron chi connectivity index (χ3n) is 4.03. The van der Waals surface area contributed by atoms with Crippen LogP contribution >= 0.6 is 0 Å². The summed E-state index contributed by atoms with van der Waals surface area (Å²) in [4.78, 5) is 4.71. The van der Waals surface area contributed by atoms with Gasteiger partial charge in [-0.2, -0.15) is 0 Å². The van der Waals surface area contributed by atoms with Crippen LogP contribution in [0.2, 0.25) is 0 Å². The van der Waals surface area contributed by atoms with Crippen molar-refractivity contribution in [2.45, 2.75) is 13.5 Å². The van der Waals surface area contributed by atoms with E-state index < -0.39 is 0 Å². The summed E-state index contributed by atoms with van der Waals surface area (Å²) in [5.74, 6) is 0.826. The quantitative estimate of drug-likeness (QED) is 0.536. The van der Waals surface area contributed by atoms with E-state index >= 15 is 0 Å². The molecule has 0 unspecified atom stereocenters. The first-order valence-corrected chi connectivity index (χ1v) is 8.00. The second-order valence-corrected chi connectivity index (χ2v) is 5.89. The number of pyridine rings is 1. The van der Waals surface area contributed by atoms with Crippen molar-refractivity contribution >= 4 is 5.65 Å². The first kappa shape index (κ1) is 14.5.